The van der Waals surface area contributed by atoms with Crippen LogP contribution in [0.2, 0.25) is 5.15 Å². The number of aryl methyl sites for hydroxylation is 1. The number of piperidine rings is 1. The fraction of sp³-hybridized carbons (Fsp3) is 0.733. The molecule has 1 aliphatic carbocycles. The number of nitrogens with zero attached hydrogens (tertiary/aromatic N) is 3. The molecule has 2 aliphatic rings. The van der Waals surface area contributed by atoms with Gasteiger partial charge in [0.05, 0.1) is 5.25 Å². The van der Waals surface area contributed by atoms with Crippen molar-refractivity contribution in [3.05, 3.63) is 16.5 Å². The van der Waals surface area contributed by atoms with Crippen LogP contribution >= 0.6 is 11.6 Å². The lowest BCUT2D eigenvalue weighted by Crippen LogP contribution is -2.43. The summed E-state index contributed by atoms with van der Waals surface area (Å²) in [5, 5.41) is 3.82. The third kappa shape index (κ3) is 3.61. The van der Waals surface area contributed by atoms with Gasteiger partial charge in [-0.2, -0.15) is 0 Å². The van der Waals surface area contributed by atoms with Crippen LogP contribution in [0.4, 0.5) is 5.82 Å². The molecule has 1 aliphatic heterocycles. The van der Waals surface area contributed by atoms with Gasteiger partial charge in [0.1, 0.15) is 16.8 Å². The van der Waals surface area contributed by atoms with Crippen molar-refractivity contribution in [2.24, 2.45) is 0 Å². The highest BCUT2D eigenvalue weighted by atomic mass is 35.5. The van der Waals surface area contributed by atoms with Crippen LogP contribution in [0.3, 0.4) is 0 Å². The summed E-state index contributed by atoms with van der Waals surface area (Å²) in [6, 6.07) is 0.219. The minimum Gasteiger partial charge on any atom is -0.367 e. The van der Waals surface area contributed by atoms with Gasteiger partial charge in [0, 0.05) is 24.7 Å². The monoisotopic (exact) mass is 358 g/mol. The molecule has 0 unspecified atom stereocenters. The molecule has 0 atom stereocenters. The zero-order chi connectivity index (χ0) is 16.6. The molecule has 0 aromatic carbocycles. The molecule has 128 valence electrons. The van der Waals surface area contributed by atoms with E-state index >= 15 is 0 Å². The van der Waals surface area contributed by atoms with Crippen LogP contribution in [0.25, 0.3) is 0 Å². The van der Waals surface area contributed by atoms with Crippen LogP contribution < -0.4 is 5.32 Å². The van der Waals surface area contributed by atoms with Gasteiger partial charge in [-0.1, -0.05) is 18.5 Å². The van der Waals surface area contributed by atoms with Gasteiger partial charge in [-0.25, -0.2) is 22.7 Å². The van der Waals surface area contributed by atoms with Gasteiger partial charge in [-0.05, 0) is 39.0 Å². The van der Waals surface area contributed by atoms with Crippen molar-refractivity contribution >= 4 is 27.4 Å². The SMILES string of the molecule is CCc1c(Cl)nc(C)nc1NC1CCN(S(=O)(=O)C2CC2)CC1. The maximum Gasteiger partial charge on any atom is 0.216 e. The van der Waals surface area contributed by atoms with Crippen LogP contribution in [-0.4, -0.2) is 47.1 Å². The molecule has 6 nitrogen and oxygen atoms in total. The van der Waals surface area contributed by atoms with E-state index in [1.165, 1.54) is 0 Å². The van der Waals surface area contributed by atoms with E-state index < -0.39 is 10.0 Å². The lowest BCUT2D eigenvalue weighted by atomic mass is 10.1. The number of rotatable bonds is 5. The number of aromatic nitrogens is 2. The number of sulfonamides is 1. The van der Waals surface area contributed by atoms with Crippen LogP contribution in [-0.2, 0) is 16.4 Å². The van der Waals surface area contributed by atoms with Gasteiger partial charge in [0.2, 0.25) is 10.0 Å². The zero-order valence-corrected chi connectivity index (χ0v) is 15.1. The minimum atomic E-state index is -3.05. The van der Waals surface area contributed by atoms with Crippen molar-refractivity contribution in [2.45, 2.75) is 57.2 Å². The van der Waals surface area contributed by atoms with Gasteiger partial charge in [0.15, 0.2) is 0 Å². The summed E-state index contributed by atoms with van der Waals surface area (Å²) in [7, 11) is -3.05. The Hall–Kier alpha value is -0.920. The van der Waals surface area contributed by atoms with Gasteiger partial charge in [-0.15, -0.1) is 0 Å². The molecule has 0 spiro atoms. The molecular weight excluding hydrogens is 336 g/mol. The molecule has 2 heterocycles. The Balaban J connectivity index is 1.65. The molecule has 2 fully saturated rings. The van der Waals surface area contributed by atoms with Gasteiger partial charge in [-0.3, -0.25) is 0 Å². The smallest absolute Gasteiger partial charge is 0.216 e. The highest BCUT2D eigenvalue weighted by Gasteiger charge is 2.41. The summed E-state index contributed by atoms with van der Waals surface area (Å²) in [6.07, 6.45) is 3.97. The summed E-state index contributed by atoms with van der Waals surface area (Å²) in [5.41, 5.74) is 0.922. The average molecular weight is 359 g/mol. The van der Waals surface area contributed by atoms with E-state index in [0.717, 1.165) is 43.5 Å². The molecule has 0 amide bonds. The Morgan fingerprint density at radius 2 is 1.87 bits per heavy atom. The molecule has 1 aromatic heterocycles. The number of halogens is 1. The Morgan fingerprint density at radius 3 is 2.43 bits per heavy atom. The predicted octanol–water partition coefficient (Wildman–Crippen LogP) is 2.37. The van der Waals surface area contributed by atoms with Crippen molar-refractivity contribution in [2.75, 3.05) is 18.4 Å². The topological polar surface area (TPSA) is 75.2 Å². The summed E-state index contributed by atoms with van der Waals surface area (Å²) >= 11 is 6.20. The molecule has 0 radical (unpaired) electrons. The van der Waals surface area contributed by atoms with E-state index in [2.05, 4.69) is 15.3 Å². The second-order valence-electron chi connectivity index (χ2n) is 6.30. The molecule has 0 bridgehead atoms. The molecule has 1 aromatic rings. The molecule has 3 rings (SSSR count). The van der Waals surface area contributed by atoms with E-state index in [4.69, 9.17) is 11.6 Å². The fourth-order valence-corrected chi connectivity index (χ4v) is 5.24. The quantitative estimate of drug-likeness (QED) is 0.818. The van der Waals surface area contributed by atoms with Crippen molar-refractivity contribution in [3.63, 3.8) is 0 Å². The van der Waals surface area contributed by atoms with Gasteiger partial charge in [0.25, 0.3) is 0 Å². The van der Waals surface area contributed by atoms with E-state index in [1.54, 1.807) is 4.31 Å². The van der Waals surface area contributed by atoms with Gasteiger partial charge >= 0.3 is 0 Å². The normalized spacial score (nSPS) is 20.7. The summed E-state index contributed by atoms with van der Waals surface area (Å²) in [4.78, 5) is 8.66. The Kier molecular flexibility index (Phi) is 4.80. The highest BCUT2D eigenvalue weighted by Crippen LogP contribution is 2.33. The molecular formula is C15H23ClN4O2S. The molecule has 1 saturated heterocycles. The van der Waals surface area contributed by atoms with E-state index in [0.29, 0.717) is 24.1 Å². The van der Waals surface area contributed by atoms with Crippen LogP contribution in [0.1, 0.15) is 44.0 Å². The minimum absolute atomic E-state index is 0.123. The number of nitrogens with one attached hydrogen (secondary N) is 1. The largest absolute Gasteiger partial charge is 0.367 e. The van der Waals surface area contributed by atoms with Crippen molar-refractivity contribution in [1.29, 1.82) is 0 Å². The summed E-state index contributed by atoms with van der Waals surface area (Å²) in [5.74, 6) is 1.43. The second-order valence-corrected chi connectivity index (χ2v) is 8.88. The summed E-state index contributed by atoms with van der Waals surface area (Å²) in [6.45, 7) is 5.00. The lowest BCUT2D eigenvalue weighted by molar-refractivity contribution is 0.329. The van der Waals surface area contributed by atoms with Crippen LogP contribution in [0, 0.1) is 6.92 Å². The maximum absolute atomic E-state index is 12.3. The van der Waals surface area contributed by atoms with E-state index in [-0.39, 0.29) is 11.3 Å². The maximum atomic E-state index is 12.3. The van der Waals surface area contributed by atoms with E-state index in [9.17, 15) is 8.42 Å². The van der Waals surface area contributed by atoms with Crippen molar-refractivity contribution in [1.82, 2.24) is 14.3 Å². The molecule has 1 N–H and O–H groups in total. The third-order valence-electron chi connectivity index (χ3n) is 4.52. The van der Waals surface area contributed by atoms with Gasteiger partial charge < -0.3 is 5.32 Å². The Labute approximate surface area is 142 Å². The van der Waals surface area contributed by atoms with Crippen molar-refractivity contribution < 1.29 is 8.42 Å². The first-order valence-electron chi connectivity index (χ1n) is 8.20. The van der Waals surface area contributed by atoms with Crippen LogP contribution in [0.5, 0.6) is 0 Å². The number of hydrogen-bond donors (Lipinski definition) is 1. The standard InChI is InChI=1S/C15H23ClN4O2S/c1-3-13-14(16)17-10(2)18-15(13)19-11-6-8-20(9-7-11)23(21,22)12-4-5-12/h11-12H,3-9H2,1-2H3,(H,17,18,19). The first-order chi connectivity index (χ1) is 10.9. The number of hydrogen-bond acceptors (Lipinski definition) is 5. The number of anilines is 1. The Morgan fingerprint density at radius 1 is 1.22 bits per heavy atom. The molecule has 23 heavy (non-hydrogen) atoms. The first-order valence-corrected chi connectivity index (χ1v) is 10.1. The van der Waals surface area contributed by atoms with E-state index in [1.807, 2.05) is 13.8 Å². The summed E-state index contributed by atoms with van der Waals surface area (Å²) < 4.78 is 26.2. The van der Waals surface area contributed by atoms with Crippen LogP contribution in [0.15, 0.2) is 0 Å². The lowest BCUT2D eigenvalue weighted by Gasteiger charge is -2.32. The predicted molar refractivity (Wildman–Crippen MR) is 91.3 cm³/mol. The third-order valence-corrected chi connectivity index (χ3v) is 7.23. The average Bonchev–Trinajstić information content (AvgIpc) is 3.32. The fourth-order valence-electron chi connectivity index (χ4n) is 3.02. The molecule has 1 saturated carbocycles. The highest BCUT2D eigenvalue weighted by molar-refractivity contribution is 7.90. The zero-order valence-electron chi connectivity index (χ0n) is 13.5. The Bertz CT molecular complexity index is 683. The molecule has 8 heteroatoms. The van der Waals surface area contributed by atoms with Crippen molar-refractivity contribution in [3.8, 4) is 0 Å². The second kappa shape index (κ2) is 6.53. The first kappa shape index (κ1) is 16.9.